The van der Waals surface area contributed by atoms with E-state index in [-0.39, 0.29) is 6.04 Å². The first kappa shape index (κ1) is 46.4. The Morgan fingerprint density at radius 2 is 0.821 bits per heavy atom. The van der Waals surface area contributed by atoms with Crippen LogP contribution in [0.1, 0.15) is 29.2 Å². The number of benzene rings is 11. The molecule has 1 atom stereocenters. The molecule has 1 aliphatic heterocycles. The minimum Gasteiger partial charge on any atom is -0.276 e. The Labute approximate surface area is 454 Å². The first-order valence-electron chi connectivity index (χ1n) is 26.7. The predicted molar refractivity (Wildman–Crippen MR) is 325 cm³/mol. The van der Waals surface area contributed by atoms with Gasteiger partial charge in [-0.15, -0.1) is 0 Å². The third-order valence-electron chi connectivity index (χ3n) is 15.2. The van der Waals surface area contributed by atoms with Crippen molar-refractivity contribution in [3.05, 3.63) is 302 Å². The monoisotopic (exact) mass is 994 g/mol. The highest BCUT2D eigenvalue weighted by molar-refractivity contribution is 6.14. The van der Waals surface area contributed by atoms with E-state index in [0.29, 0.717) is 5.82 Å². The molecule has 0 saturated carbocycles. The smallest absolute Gasteiger partial charge is 0.160 e. The van der Waals surface area contributed by atoms with Crippen LogP contribution in [0.15, 0.2) is 290 Å². The molecular formula is C74H50N4. The van der Waals surface area contributed by atoms with Crippen molar-refractivity contribution in [1.82, 2.24) is 15.0 Å². The molecule has 1 aliphatic rings. The van der Waals surface area contributed by atoms with Crippen LogP contribution >= 0.6 is 0 Å². The van der Waals surface area contributed by atoms with E-state index in [4.69, 9.17) is 19.9 Å². The van der Waals surface area contributed by atoms with Gasteiger partial charge in [0.15, 0.2) is 5.82 Å². The van der Waals surface area contributed by atoms with Crippen molar-refractivity contribution < 1.29 is 0 Å². The van der Waals surface area contributed by atoms with Gasteiger partial charge >= 0.3 is 0 Å². The zero-order valence-corrected chi connectivity index (χ0v) is 42.7. The predicted octanol–water partition coefficient (Wildman–Crippen LogP) is 19.0. The number of pyridine rings is 1. The Bertz CT molecular complexity index is 4350. The molecule has 366 valence electrons. The van der Waals surface area contributed by atoms with Gasteiger partial charge in [0.05, 0.1) is 34.4 Å². The van der Waals surface area contributed by atoms with Crippen LogP contribution < -0.4 is 0 Å². The highest BCUT2D eigenvalue weighted by atomic mass is 14.9. The summed E-state index contributed by atoms with van der Waals surface area (Å²) in [5.41, 5.74) is 19.9. The number of hydrogen-bond acceptors (Lipinski definition) is 4. The molecule has 3 heterocycles. The lowest BCUT2D eigenvalue weighted by atomic mass is 9.89. The lowest BCUT2D eigenvalue weighted by Crippen LogP contribution is -2.10. The second kappa shape index (κ2) is 20.2. The molecule has 0 fully saturated rings. The number of nitrogens with zero attached hydrogens (tertiary/aromatic N) is 4. The molecule has 13 aromatic rings. The van der Waals surface area contributed by atoms with Gasteiger partial charge in [0.2, 0.25) is 0 Å². The average Bonchev–Trinajstić information content (AvgIpc) is 3.55. The topological polar surface area (TPSA) is 51.0 Å². The van der Waals surface area contributed by atoms with Crippen molar-refractivity contribution in [2.75, 3.05) is 0 Å². The fourth-order valence-corrected chi connectivity index (χ4v) is 11.3. The van der Waals surface area contributed by atoms with E-state index in [1.165, 1.54) is 38.2 Å². The summed E-state index contributed by atoms with van der Waals surface area (Å²) in [6.07, 6.45) is 3.09. The number of fused-ring (bicyclic) bond motifs is 3. The standard InChI is InChI=1S/C74H50N4/c1-5-19-49(20-6-1)59-45-68(53-23-7-2-8-24-53)76-71(46-59)56-37-41-58(42-38-56)74-77-72(57-39-35-50(36-40-57)60-47-69(54-25-9-3-10-26-54)75-70(48-60)55-27-11-4-12-28-55)67-44-61(64-33-17-29-51-21-13-15-31-62(51)64)43-66(73(67)78-74)65-34-18-30-52-22-14-16-32-63(52)65/h1-44,46-48,68H,45H2. The number of aromatic nitrogens is 3. The molecule has 4 nitrogen and oxygen atoms in total. The third-order valence-corrected chi connectivity index (χ3v) is 15.2. The first-order chi connectivity index (χ1) is 38.6. The van der Waals surface area contributed by atoms with Crippen LogP contribution in [-0.4, -0.2) is 20.7 Å². The van der Waals surface area contributed by atoms with Gasteiger partial charge < -0.3 is 0 Å². The van der Waals surface area contributed by atoms with Crippen LogP contribution in [0.25, 0.3) is 117 Å². The average molecular weight is 995 g/mol. The molecule has 0 bridgehead atoms. The lowest BCUT2D eigenvalue weighted by molar-refractivity contribution is 0.748. The summed E-state index contributed by atoms with van der Waals surface area (Å²) in [4.78, 5) is 21.8. The number of aliphatic imine (C=N–C) groups is 1. The first-order valence-corrected chi connectivity index (χ1v) is 26.7. The van der Waals surface area contributed by atoms with Gasteiger partial charge in [-0.25, -0.2) is 15.0 Å². The summed E-state index contributed by atoms with van der Waals surface area (Å²) in [5, 5.41) is 5.69. The van der Waals surface area contributed by atoms with Crippen molar-refractivity contribution in [3.63, 3.8) is 0 Å². The van der Waals surface area contributed by atoms with Crippen LogP contribution in [0.4, 0.5) is 0 Å². The highest BCUT2D eigenvalue weighted by Crippen LogP contribution is 2.43. The fourth-order valence-electron chi connectivity index (χ4n) is 11.3. The van der Waals surface area contributed by atoms with Crippen LogP contribution in [0.3, 0.4) is 0 Å². The highest BCUT2D eigenvalue weighted by Gasteiger charge is 2.23. The third kappa shape index (κ3) is 8.95. The molecule has 0 aliphatic carbocycles. The van der Waals surface area contributed by atoms with Crippen molar-refractivity contribution in [1.29, 1.82) is 0 Å². The Balaban J connectivity index is 0.959. The summed E-state index contributed by atoms with van der Waals surface area (Å²) in [7, 11) is 0. The molecule has 14 rings (SSSR count). The molecule has 78 heavy (non-hydrogen) atoms. The minimum atomic E-state index is 0.000452. The molecule has 11 aromatic carbocycles. The molecule has 0 spiro atoms. The molecule has 4 heteroatoms. The molecule has 0 N–H and O–H groups in total. The van der Waals surface area contributed by atoms with Crippen molar-refractivity contribution in [3.8, 4) is 78.5 Å². The maximum absolute atomic E-state index is 5.64. The summed E-state index contributed by atoms with van der Waals surface area (Å²) in [6.45, 7) is 0. The summed E-state index contributed by atoms with van der Waals surface area (Å²) >= 11 is 0. The van der Waals surface area contributed by atoms with Gasteiger partial charge in [0.1, 0.15) is 0 Å². The van der Waals surface area contributed by atoms with Gasteiger partial charge in [-0.05, 0) is 108 Å². The van der Waals surface area contributed by atoms with E-state index < -0.39 is 0 Å². The summed E-state index contributed by atoms with van der Waals surface area (Å²) in [5.74, 6) is 0.648. The number of dihydropyridines is 1. The van der Waals surface area contributed by atoms with Gasteiger partial charge in [-0.3, -0.25) is 4.99 Å². The maximum atomic E-state index is 5.64. The number of allylic oxidation sites excluding steroid dienone is 1. The molecule has 1 unspecified atom stereocenters. The quantitative estimate of drug-likeness (QED) is 0.137. The van der Waals surface area contributed by atoms with Gasteiger partial charge in [0, 0.05) is 33.2 Å². The summed E-state index contributed by atoms with van der Waals surface area (Å²) < 4.78 is 0. The van der Waals surface area contributed by atoms with E-state index in [2.05, 4.69) is 273 Å². The van der Waals surface area contributed by atoms with Crippen molar-refractivity contribution >= 4 is 43.7 Å². The van der Waals surface area contributed by atoms with E-state index in [9.17, 15) is 0 Å². The van der Waals surface area contributed by atoms with Crippen LogP contribution in [0.5, 0.6) is 0 Å². The van der Waals surface area contributed by atoms with Gasteiger partial charge in [-0.2, -0.15) is 0 Å². The van der Waals surface area contributed by atoms with Crippen LogP contribution in [0, 0.1) is 0 Å². The fraction of sp³-hybridized carbons (Fsp3) is 0.0270. The Morgan fingerprint density at radius 3 is 1.46 bits per heavy atom. The van der Waals surface area contributed by atoms with Crippen LogP contribution in [-0.2, 0) is 0 Å². The second-order valence-corrected chi connectivity index (χ2v) is 20.1. The van der Waals surface area contributed by atoms with Crippen LogP contribution in [0.2, 0.25) is 0 Å². The van der Waals surface area contributed by atoms with Gasteiger partial charge in [-0.1, -0.05) is 255 Å². The normalized spacial score (nSPS) is 13.4. The molecule has 2 aromatic heterocycles. The van der Waals surface area contributed by atoms with Crippen molar-refractivity contribution in [2.45, 2.75) is 12.5 Å². The summed E-state index contributed by atoms with van der Waals surface area (Å²) in [6, 6.07) is 99.3. The Morgan fingerprint density at radius 1 is 0.308 bits per heavy atom. The zero-order valence-electron chi connectivity index (χ0n) is 42.7. The largest absolute Gasteiger partial charge is 0.276 e. The Hall–Kier alpha value is -10.2. The SMILES string of the molecule is C1=C(c2ccccc2)CC(c2ccccc2)N=C1c1ccc(-c2nc(-c3ccc(-c4cc(-c5ccccc5)nc(-c5ccccc5)c4)cc3)c3cc(-c4cccc5ccccc45)cc(-c4cccc5ccccc45)c3n2)cc1. The van der Waals surface area contributed by atoms with E-state index in [1.54, 1.807) is 0 Å². The van der Waals surface area contributed by atoms with E-state index in [1.807, 2.05) is 12.1 Å². The minimum absolute atomic E-state index is 0.000452. The maximum Gasteiger partial charge on any atom is 0.160 e. The molecule has 0 amide bonds. The molecular weight excluding hydrogens is 945 g/mol. The molecule has 0 saturated heterocycles. The van der Waals surface area contributed by atoms with E-state index >= 15 is 0 Å². The van der Waals surface area contributed by atoms with Crippen molar-refractivity contribution in [2.24, 2.45) is 4.99 Å². The van der Waals surface area contributed by atoms with E-state index in [0.717, 1.165) is 101 Å². The Kier molecular flexibility index (Phi) is 12.0. The zero-order chi connectivity index (χ0) is 51.8. The second-order valence-electron chi connectivity index (χ2n) is 20.1. The number of rotatable bonds is 10. The lowest BCUT2D eigenvalue weighted by Gasteiger charge is -2.22. The number of hydrogen-bond donors (Lipinski definition) is 0. The van der Waals surface area contributed by atoms with Gasteiger partial charge in [0.25, 0.3) is 0 Å². The molecule has 0 radical (unpaired) electrons.